The predicted octanol–water partition coefficient (Wildman–Crippen LogP) is 9.66. The van der Waals surface area contributed by atoms with Crippen LogP contribution in [-0.2, 0) is 4.79 Å². The Morgan fingerprint density at radius 3 is 2.08 bits per heavy atom. The summed E-state index contributed by atoms with van der Waals surface area (Å²) in [5, 5.41) is 5.48. The van der Waals surface area contributed by atoms with Gasteiger partial charge >= 0.3 is 0 Å². The average Bonchev–Trinajstić information content (AvgIpc) is 4.15. The van der Waals surface area contributed by atoms with E-state index in [0.29, 0.717) is 93.6 Å². The zero-order valence-electron chi connectivity index (χ0n) is 34.3. The highest BCUT2D eigenvalue weighted by atomic mass is 35.5. The van der Waals surface area contributed by atoms with Gasteiger partial charge in [-0.3, -0.25) is 14.4 Å². The number of pyridine rings is 2. The van der Waals surface area contributed by atoms with E-state index in [4.69, 9.17) is 42.1 Å². The highest BCUT2D eigenvalue weighted by molar-refractivity contribution is 6.31. The number of H-pyrrole nitrogens is 1. The van der Waals surface area contributed by atoms with E-state index < -0.39 is 23.7 Å². The van der Waals surface area contributed by atoms with Gasteiger partial charge in [0.2, 0.25) is 11.8 Å². The fraction of sp³-hybridized carbons (Fsp3) is 0.213. The van der Waals surface area contributed by atoms with Crippen LogP contribution in [0.4, 0.5) is 10.1 Å². The number of aromatic nitrogens is 5. The Kier molecular flexibility index (Phi) is 10.6. The molecule has 10 rings (SSSR count). The highest BCUT2D eigenvalue weighted by Crippen LogP contribution is 2.37. The molecule has 0 aliphatic carbocycles. The molecule has 2 N–H and O–H groups in total. The first-order valence-electron chi connectivity index (χ1n) is 20.5. The monoisotopic (exact) mass is 898 g/mol. The normalized spacial score (nSPS) is 16.3. The minimum absolute atomic E-state index is 0.0589. The van der Waals surface area contributed by atoms with E-state index in [1.807, 2.05) is 36.4 Å². The molecule has 8 aromatic rings. The van der Waals surface area contributed by atoms with E-state index in [0.717, 1.165) is 11.9 Å². The zero-order valence-corrected chi connectivity index (χ0v) is 35.8. The van der Waals surface area contributed by atoms with Gasteiger partial charge in [-0.1, -0.05) is 47.5 Å². The van der Waals surface area contributed by atoms with E-state index in [-0.39, 0.29) is 45.2 Å². The molecule has 4 aromatic heterocycles. The number of carbonyl (C=O) groups is 3. The van der Waals surface area contributed by atoms with Gasteiger partial charge in [-0.05, 0) is 86.3 Å². The van der Waals surface area contributed by atoms with E-state index in [1.165, 1.54) is 24.1 Å². The first-order valence-corrected chi connectivity index (χ1v) is 21.3. The number of likely N-dealkylation sites (tertiary alicyclic amines) is 2. The number of nitrogens with one attached hydrogen (secondary N) is 2. The summed E-state index contributed by atoms with van der Waals surface area (Å²) in [6.45, 7) is 0.841. The molecular formula is C47H37Cl2FN8O6. The smallest absolute Gasteiger partial charge is 0.273 e. The Bertz CT molecular complexity index is 3190. The number of anilines is 1. The lowest BCUT2D eigenvalue weighted by Crippen LogP contribution is -2.43. The van der Waals surface area contributed by atoms with Crippen LogP contribution in [0, 0.1) is 5.82 Å². The van der Waals surface area contributed by atoms with Crippen molar-refractivity contribution in [3.63, 3.8) is 0 Å². The molecule has 2 saturated heterocycles. The van der Waals surface area contributed by atoms with Crippen molar-refractivity contribution in [2.45, 2.75) is 37.8 Å². The number of ether oxygens (including phenoxy) is 2. The molecule has 2 aliphatic rings. The molecule has 1 unspecified atom stereocenters. The second-order valence-electron chi connectivity index (χ2n) is 15.6. The lowest BCUT2D eigenvalue weighted by atomic mass is 10.1. The number of amides is 3. The summed E-state index contributed by atoms with van der Waals surface area (Å²) in [6, 6.07) is 22.7. The van der Waals surface area contributed by atoms with Crippen LogP contribution in [0.1, 0.15) is 58.5 Å². The van der Waals surface area contributed by atoms with Gasteiger partial charge in [0, 0.05) is 45.8 Å². The van der Waals surface area contributed by atoms with Crippen molar-refractivity contribution in [3.8, 4) is 34.3 Å². The SMILES string of the molecule is COc1cccc2c(C(=O)N3CCCC3C(=O)Nc3ccc(-c4ncc(-c5ccc6nc([C@@H]7CCCN7C(=O)c7nc(Cl)cc8c(OC)cccc78)[nH]c6c5)o4)cc3F)nc(Cl)cc12. The summed E-state index contributed by atoms with van der Waals surface area (Å²) in [5.41, 5.74) is 2.77. The topological polar surface area (TPSA) is 169 Å². The Morgan fingerprint density at radius 1 is 0.766 bits per heavy atom. The maximum absolute atomic E-state index is 15.7. The molecule has 0 saturated carbocycles. The Labute approximate surface area is 374 Å². The molecule has 2 fully saturated rings. The number of fused-ring (bicyclic) bond motifs is 3. The molecule has 14 nitrogen and oxygen atoms in total. The minimum atomic E-state index is -0.859. The second kappa shape index (κ2) is 16.5. The molecule has 64 heavy (non-hydrogen) atoms. The molecule has 0 radical (unpaired) electrons. The number of methoxy groups -OCH3 is 2. The number of oxazole rings is 1. The number of aromatic amines is 1. The van der Waals surface area contributed by atoms with Crippen LogP contribution in [0.3, 0.4) is 0 Å². The molecule has 17 heteroatoms. The number of nitrogens with zero attached hydrogens (tertiary/aromatic N) is 6. The molecule has 0 spiro atoms. The molecule has 2 aliphatic heterocycles. The molecular weight excluding hydrogens is 862 g/mol. The predicted molar refractivity (Wildman–Crippen MR) is 239 cm³/mol. The third-order valence-corrected chi connectivity index (χ3v) is 12.2. The highest BCUT2D eigenvalue weighted by Gasteiger charge is 2.37. The number of halogens is 3. The summed E-state index contributed by atoms with van der Waals surface area (Å²) in [6.07, 6.45) is 4.00. The lowest BCUT2D eigenvalue weighted by Gasteiger charge is -2.24. The van der Waals surface area contributed by atoms with Gasteiger partial charge < -0.3 is 34.0 Å². The quantitative estimate of drug-likeness (QED) is 0.133. The Balaban J connectivity index is 0.839. The molecule has 2 atom stereocenters. The van der Waals surface area contributed by atoms with Gasteiger partial charge in [0.25, 0.3) is 11.8 Å². The van der Waals surface area contributed by atoms with Crippen LogP contribution in [0.15, 0.2) is 95.5 Å². The molecule has 6 heterocycles. The number of imidazole rings is 1. The van der Waals surface area contributed by atoms with Crippen LogP contribution in [0.5, 0.6) is 11.5 Å². The van der Waals surface area contributed by atoms with Gasteiger partial charge in [0.1, 0.15) is 50.9 Å². The molecule has 4 aromatic carbocycles. The molecule has 3 amide bonds. The maximum Gasteiger partial charge on any atom is 0.273 e. The van der Waals surface area contributed by atoms with Gasteiger partial charge in [0.05, 0.1) is 43.2 Å². The lowest BCUT2D eigenvalue weighted by molar-refractivity contribution is -0.119. The van der Waals surface area contributed by atoms with Crippen LogP contribution in [0.2, 0.25) is 10.3 Å². The minimum Gasteiger partial charge on any atom is -0.496 e. The van der Waals surface area contributed by atoms with Crippen LogP contribution >= 0.6 is 23.2 Å². The second-order valence-corrected chi connectivity index (χ2v) is 16.4. The van der Waals surface area contributed by atoms with Crippen molar-refractivity contribution in [1.29, 1.82) is 0 Å². The van der Waals surface area contributed by atoms with Gasteiger partial charge in [0.15, 0.2) is 5.76 Å². The Morgan fingerprint density at radius 2 is 1.41 bits per heavy atom. The van der Waals surface area contributed by atoms with Crippen molar-refractivity contribution in [2.24, 2.45) is 0 Å². The van der Waals surface area contributed by atoms with Crippen molar-refractivity contribution < 1.29 is 32.7 Å². The van der Waals surface area contributed by atoms with E-state index in [2.05, 4.69) is 25.3 Å². The first-order chi connectivity index (χ1) is 31.1. The zero-order chi connectivity index (χ0) is 44.2. The van der Waals surface area contributed by atoms with Gasteiger partial charge in [-0.2, -0.15) is 0 Å². The standard InChI is InChI=1S/C47H37Cl2FN8O6/c1-62-36-11-3-7-26-28(36)21-39(48)55-41(26)46(60)57-17-5-9-34(57)43-52-32-16-13-24(20-33(32)53-43)38-23-51-45(64-38)25-14-15-31(30(50)19-25)54-44(59)35-10-6-18-58(35)47(61)42-27-8-4-12-37(63-2)29(27)22-40(49)56-42/h3-4,7-8,11-16,19-23,34-35H,5-6,9-10,17-18H2,1-2H3,(H,52,53)(H,54,59)/t34-,35?/m0/s1. The van der Waals surface area contributed by atoms with E-state index in [1.54, 1.807) is 54.6 Å². The number of hydrogen-bond donors (Lipinski definition) is 2. The average molecular weight is 900 g/mol. The van der Waals surface area contributed by atoms with E-state index in [9.17, 15) is 14.4 Å². The number of carbonyl (C=O) groups excluding carboxylic acids is 3. The first kappa shape index (κ1) is 40.9. The summed E-state index contributed by atoms with van der Waals surface area (Å²) in [5.74, 6) is 0.426. The largest absolute Gasteiger partial charge is 0.496 e. The summed E-state index contributed by atoms with van der Waals surface area (Å²) >= 11 is 12.7. The fourth-order valence-corrected chi connectivity index (χ4v) is 9.20. The summed E-state index contributed by atoms with van der Waals surface area (Å²) in [4.78, 5) is 66.2. The maximum atomic E-state index is 15.7. The van der Waals surface area contributed by atoms with Crippen molar-refractivity contribution in [2.75, 3.05) is 32.6 Å². The van der Waals surface area contributed by atoms with Gasteiger partial charge in [-0.15, -0.1) is 0 Å². The third kappa shape index (κ3) is 7.29. The number of rotatable bonds is 9. The van der Waals surface area contributed by atoms with E-state index >= 15 is 4.39 Å². The summed E-state index contributed by atoms with van der Waals surface area (Å²) in [7, 11) is 3.09. The van der Waals surface area contributed by atoms with Crippen molar-refractivity contribution in [3.05, 3.63) is 124 Å². The van der Waals surface area contributed by atoms with Crippen molar-refractivity contribution >= 4 is 79.2 Å². The van der Waals surface area contributed by atoms with Crippen molar-refractivity contribution in [1.82, 2.24) is 34.7 Å². The molecule has 0 bridgehead atoms. The van der Waals surface area contributed by atoms with Crippen LogP contribution in [-0.4, -0.2) is 85.8 Å². The van der Waals surface area contributed by atoms with Gasteiger partial charge in [-0.25, -0.2) is 24.3 Å². The fourth-order valence-electron chi connectivity index (χ4n) is 8.81. The number of benzene rings is 4. The summed E-state index contributed by atoms with van der Waals surface area (Å²) < 4.78 is 32.8. The number of hydrogen-bond acceptors (Lipinski definition) is 10. The Hall–Kier alpha value is -7.10. The third-order valence-electron chi connectivity index (χ3n) is 11.9. The molecule has 322 valence electrons. The van der Waals surface area contributed by atoms with Crippen LogP contribution < -0.4 is 14.8 Å². The van der Waals surface area contributed by atoms with Crippen LogP contribution in [0.25, 0.3) is 55.4 Å².